The standard InChI is InChI=1S/C27H23Cl2N5/c28-19-9-11-21(23(29)17-19)26-22-10-8-18-5-1-2-6-20(18)25(22)31-27(32-26)34-15-13-33(14-16-34)24-7-3-4-12-30-24/h1-7,9,11-12,17H,8,10,13-16H2. The Balaban J connectivity index is 1.42. The van der Waals surface area contributed by atoms with E-state index in [2.05, 4.69) is 45.1 Å². The number of piperazine rings is 1. The van der Waals surface area contributed by atoms with Gasteiger partial charge >= 0.3 is 0 Å². The minimum absolute atomic E-state index is 0.609. The molecule has 1 aliphatic carbocycles. The van der Waals surface area contributed by atoms with E-state index in [-0.39, 0.29) is 0 Å². The Morgan fingerprint density at radius 3 is 2.21 bits per heavy atom. The molecule has 2 aromatic heterocycles. The van der Waals surface area contributed by atoms with Gasteiger partial charge in [0.15, 0.2) is 0 Å². The van der Waals surface area contributed by atoms with Crippen LogP contribution in [0.1, 0.15) is 11.1 Å². The quantitative estimate of drug-likeness (QED) is 0.357. The number of aryl methyl sites for hydroxylation is 1. The molecule has 5 nitrogen and oxygen atoms in total. The molecule has 2 aliphatic rings. The number of hydrogen-bond acceptors (Lipinski definition) is 5. The summed E-state index contributed by atoms with van der Waals surface area (Å²) in [6, 6.07) is 20.2. The predicted octanol–water partition coefficient (Wildman–Crippen LogP) is 5.94. The maximum Gasteiger partial charge on any atom is 0.226 e. The lowest BCUT2D eigenvalue weighted by atomic mass is 9.87. The van der Waals surface area contributed by atoms with Gasteiger partial charge in [-0.1, -0.05) is 53.5 Å². The third-order valence-electron chi connectivity index (χ3n) is 6.63. The number of pyridine rings is 1. The van der Waals surface area contributed by atoms with Gasteiger partial charge in [0.2, 0.25) is 5.95 Å². The fourth-order valence-electron chi connectivity index (χ4n) is 4.88. The van der Waals surface area contributed by atoms with Crippen LogP contribution in [0.3, 0.4) is 0 Å². The summed E-state index contributed by atoms with van der Waals surface area (Å²) < 4.78 is 0. The highest BCUT2D eigenvalue weighted by Crippen LogP contribution is 2.40. The molecule has 0 bridgehead atoms. The maximum atomic E-state index is 6.66. The van der Waals surface area contributed by atoms with Crippen LogP contribution in [-0.4, -0.2) is 41.1 Å². The molecular formula is C27H23Cl2N5. The molecule has 1 saturated heterocycles. The largest absolute Gasteiger partial charge is 0.353 e. The first-order valence-corrected chi connectivity index (χ1v) is 12.3. The molecule has 0 N–H and O–H groups in total. The third kappa shape index (κ3) is 3.89. The van der Waals surface area contributed by atoms with Gasteiger partial charge in [0.05, 0.1) is 16.4 Å². The van der Waals surface area contributed by atoms with Gasteiger partial charge in [0.25, 0.3) is 0 Å². The van der Waals surface area contributed by atoms with Gasteiger partial charge in [-0.2, -0.15) is 0 Å². The fourth-order valence-corrected chi connectivity index (χ4v) is 5.38. The number of fused-ring (bicyclic) bond motifs is 3. The van der Waals surface area contributed by atoms with Crippen molar-refractivity contribution in [3.05, 3.63) is 88.0 Å². The van der Waals surface area contributed by atoms with Crippen LogP contribution in [0.15, 0.2) is 66.9 Å². The Morgan fingerprint density at radius 2 is 1.44 bits per heavy atom. The normalized spacial score (nSPS) is 15.1. The van der Waals surface area contributed by atoms with E-state index in [4.69, 9.17) is 33.2 Å². The van der Waals surface area contributed by atoms with Gasteiger partial charge in [-0.25, -0.2) is 15.0 Å². The Morgan fingerprint density at radius 1 is 0.706 bits per heavy atom. The minimum atomic E-state index is 0.609. The zero-order valence-corrected chi connectivity index (χ0v) is 20.1. The summed E-state index contributed by atoms with van der Waals surface area (Å²) >= 11 is 12.9. The van der Waals surface area contributed by atoms with Gasteiger partial charge in [0, 0.05) is 54.1 Å². The van der Waals surface area contributed by atoms with Crippen molar-refractivity contribution in [3.8, 4) is 22.5 Å². The number of rotatable bonds is 3. The molecule has 0 unspecified atom stereocenters. The van der Waals surface area contributed by atoms with E-state index >= 15 is 0 Å². The van der Waals surface area contributed by atoms with E-state index < -0.39 is 0 Å². The smallest absolute Gasteiger partial charge is 0.226 e. The molecule has 0 amide bonds. The zero-order valence-electron chi connectivity index (χ0n) is 18.6. The lowest BCUT2D eigenvalue weighted by Crippen LogP contribution is -2.47. The molecular weight excluding hydrogens is 465 g/mol. The van der Waals surface area contributed by atoms with Crippen molar-refractivity contribution in [1.29, 1.82) is 0 Å². The summed E-state index contributed by atoms with van der Waals surface area (Å²) in [5.74, 6) is 1.76. The summed E-state index contributed by atoms with van der Waals surface area (Å²) in [5.41, 5.74) is 6.48. The molecule has 0 saturated carbocycles. The van der Waals surface area contributed by atoms with Gasteiger partial charge in [-0.15, -0.1) is 0 Å². The van der Waals surface area contributed by atoms with Crippen molar-refractivity contribution in [1.82, 2.24) is 15.0 Å². The van der Waals surface area contributed by atoms with E-state index in [0.29, 0.717) is 10.0 Å². The third-order valence-corrected chi connectivity index (χ3v) is 7.18. The van der Waals surface area contributed by atoms with Gasteiger partial charge in [0.1, 0.15) is 5.82 Å². The topological polar surface area (TPSA) is 45.2 Å². The Bertz CT molecular complexity index is 1350. The van der Waals surface area contributed by atoms with Crippen LogP contribution in [0.4, 0.5) is 11.8 Å². The lowest BCUT2D eigenvalue weighted by molar-refractivity contribution is 0.634. The second-order valence-electron chi connectivity index (χ2n) is 8.64. The van der Waals surface area contributed by atoms with Gasteiger partial charge < -0.3 is 9.80 Å². The molecule has 3 heterocycles. The van der Waals surface area contributed by atoms with E-state index in [1.165, 1.54) is 11.1 Å². The number of anilines is 2. The SMILES string of the molecule is Clc1ccc(-c2nc(N3CCN(c4ccccn4)CC3)nc3c2CCc2ccccc2-3)c(Cl)c1. The van der Waals surface area contributed by atoms with E-state index in [0.717, 1.165) is 73.3 Å². The van der Waals surface area contributed by atoms with Gasteiger partial charge in [-0.3, -0.25) is 0 Å². The summed E-state index contributed by atoms with van der Waals surface area (Å²) in [5, 5.41) is 1.23. The monoisotopic (exact) mass is 487 g/mol. The number of halogens is 2. The van der Waals surface area contributed by atoms with Gasteiger partial charge in [-0.05, 0) is 48.7 Å². The summed E-state index contributed by atoms with van der Waals surface area (Å²) in [6.07, 6.45) is 3.69. The van der Waals surface area contributed by atoms with E-state index in [9.17, 15) is 0 Å². The molecule has 4 aromatic rings. The number of nitrogens with zero attached hydrogens (tertiary/aromatic N) is 5. The van der Waals surface area contributed by atoms with E-state index in [1.807, 2.05) is 30.5 Å². The van der Waals surface area contributed by atoms with Crippen LogP contribution >= 0.6 is 23.2 Å². The number of aromatic nitrogens is 3. The highest BCUT2D eigenvalue weighted by molar-refractivity contribution is 6.36. The van der Waals surface area contributed by atoms with Crippen LogP contribution < -0.4 is 9.80 Å². The second-order valence-corrected chi connectivity index (χ2v) is 9.49. The molecule has 6 rings (SSSR count). The van der Waals surface area contributed by atoms with E-state index in [1.54, 1.807) is 6.07 Å². The molecule has 1 fully saturated rings. The first kappa shape index (κ1) is 21.4. The Hall–Kier alpha value is -3.15. The molecule has 34 heavy (non-hydrogen) atoms. The molecule has 0 atom stereocenters. The molecule has 7 heteroatoms. The van der Waals surface area contributed by atoms with Crippen molar-refractivity contribution in [2.75, 3.05) is 36.0 Å². The summed E-state index contributed by atoms with van der Waals surface area (Å²) in [7, 11) is 0. The Kier molecular flexibility index (Phi) is 5.60. The first-order chi connectivity index (χ1) is 16.7. The zero-order chi connectivity index (χ0) is 23.1. The predicted molar refractivity (Wildman–Crippen MR) is 139 cm³/mol. The van der Waals surface area contributed by atoms with Crippen molar-refractivity contribution >= 4 is 35.0 Å². The summed E-state index contributed by atoms with van der Waals surface area (Å²) in [6.45, 7) is 3.38. The van der Waals surface area contributed by atoms with Crippen LogP contribution in [0.25, 0.3) is 22.5 Å². The minimum Gasteiger partial charge on any atom is -0.353 e. The van der Waals surface area contributed by atoms with Crippen LogP contribution in [0.5, 0.6) is 0 Å². The average Bonchev–Trinajstić information content (AvgIpc) is 2.89. The van der Waals surface area contributed by atoms with Crippen molar-refractivity contribution in [2.45, 2.75) is 12.8 Å². The number of hydrogen-bond donors (Lipinski definition) is 0. The number of benzene rings is 2. The van der Waals surface area contributed by atoms with Crippen molar-refractivity contribution < 1.29 is 0 Å². The molecule has 0 spiro atoms. The van der Waals surface area contributed by atoms with Crippen LogP contribution in [0.2, 0.25) is 10.0 Å². The molecule has 0 radical (unpaired) electrons. The molecule has 170 valence electrons. The second kappa shape index (κ2) is 8.90. The van der Waals surface area contributed by atoms with Crippen molar-refractivity contribution in [3.63, 3.8) is 0 Å². The lowest BCUT2D eigenvalue weighted by Gasteiger charge is -2.36. The maximum absolute atomic E-state index is 6.66. The average molecular weight is 488 g/mol. The van der Waals surface area contributed by atoms with Crippen LogP contribution in [0, 0.1) is 0 Å². The molecule has 1 aliphatic heterocycles. The molecule has 2 aromatic carbocycles. The fraction of sp³-hybridized carbons (Fsp3) is 0.222. The highest BCUT2D eigenvalue weighted by atomic mass is 35.5. The van der Waals surface area contributed by atoms with Crippen molar-refractivity contribution in [2.24, 2.45) is 0 Å². The first-order valence-electron chi connectivity index (χ1n) is 11.5. The summed E-state index contributed by atoms with van der Waals surface area (Å²) in [4.78, 5) is 19.3. The highest BCUT2D eigenvalue weighted by Gasteiger charge is 2.27. The van der Waals surface area contributed by atoms with Crippen LogP contribution in [-0.2, 0) is 12.8 Å². The Labute approximate surface area is 209 Å².